The van der Waals surface area contributed by atoms with E-state index in [0.29, 0.717) is 11.6 Å². The maximum Gasteiger partial charge on any atom is 0.264 e. The molecule has 1 aliphatic carbocycles. The minimum Gasteiger partial charge on any atom is -0.469 e. The molecule has 0 fully saturated rings. The van der Waals surface area contributed by atoms with Crippen molar-refractivity contribution in [3.05, 3.63) is 101 Å². The lowest BCUT2D eigenvalue weighted by molar-refractivity contribution is 0.178. The average Bonchev–Trinajstić information content (AvgIpc) is 3.03. The van der Waals surface area contributed by atoms with E-state index >= 15 is 0 Å². The summed E-state index contributed by atoms with van der Waals surface area (Å²) in [6, 6.07) is 23.5. The van der Waals surface area contributed by atoms with Crippen molar-refractivity contribution in [2.24, 2.45) is 0 Å². The van der Waals surface area contributed by atoms with E-state index < -0.39 is 10.0 Å². The normalized spacial score (nSPS) is 19.9. The van der Waals surface area contributed by atoms with Gasteiger partial charge in [0.15, 0.2) is 0 Å². The Kier molecular flexibility index (Phi) is 5.52. The molecule has 7 heteroatoms. The maximum atomic E-state index is 13.4. The molecule has 6 nitrogen and oxygen atoms in total. The van der Waals surface area contributed by atoms with E-state index in [0.717, 1.165) is 47.1 Å². The van der Waals surface area contributed by atoms with Crippen LogP contribution in [0, 0.1) is 13.8 Å². The molecular formula is C29H27N3O3S. The first-order valence-electron chi connectivity index (χ1n) is 12.2. The number of hydrogen-bond donors (Lipinski definition) is 1. The number of ether oxygens (including phenoxy) is 1. The van der Waals surface area contributed by atoms with E-state index in [9.17, 15) is 8.42 Å². The first-order chi connectivity index (χ1) is 17.4. The van der Waals surface area contributed by atoms with E-state index in [4.69, 9.17) is 4.74 Å². The molecule has 1 N–H and O–H groups in total. The summed E-state index contributed by atoms with van der Waals surface area (Å²) in [4.78, 5) is 9.34. The summed E-state index contributed by atoms with van der Waals surface area (Å²) in [5.74, 6) is 0.496. The van der Waals surface area contributed by atoms with Gasteiger partial charge in [-0.1, -0.05) is 54.6 Å². The zero-order valence-corrected chi connectivity index (χ0v) is 21.0. The highest BCUT2D eigenvalue weighted by Gasteiger charge is 2.29. The Morgan fingerprint density at radius 1 is 0.917 bits per heavy atom. The van der Waals surface area contributed by atoms with E-state index in [1.807, 2.05) is 56.3 Å². The molecular weight excluding hydrogens is 470 g/mol. The number of benzene rings is 3. The molecule has 0 spiro atoms. The van der Waals surface area contributed by atoms with Gasteiger partial charge < -0.3 is 4.74 Å². The molecule has 1 unspecified atom stereocenters. The zero-order chi connectivity index (χ0) is 24.9. The van der Waals surface area contributed by atoms with Gasteiger partial charge >= 0.3 is 0 Å². The molecule has 2 aliphatic rings. The van der Waals surface area contributed by atoms with Crippen LogP contribution in [0.3, 0.4) is 0 Å². The van der Waals surface area contributed by atoms with Crippen molar-refractivity contribution in [3.63, 3.8) is 0 Å². The lowest BCUT2D eigenvalue weighted by Crippen LogP contribution is -2.18. The Labute approximate surface area is 211 Å². The van der Waals surface area contributed by atoms with Gasteiger partial charge in [-0.25, -0.2) is 18.1 Å². The van der Waals surface area contributed by atoms with Crippen molar-refractivity contribution in [2.45, 2.75) is 50.0 Å². The second-order valence-corrected chi connectivity index (χ2v) is 11.3. The lowest BCUT2D eigenvalue weighted by atomic mass is 9.90. The molecule has 6 rings (SSSR count). The summed E-state index contributed by atoms with van der Waals surface area (Å²) >= 11 is 0. The van der Waals surface area contributed by atoms with Crippen LogP contribution < -0.4 is 9.46 Å². The standard InChI is InChI=1S/C29H27N3O3S/c1-18-7-5-8-19(2)28(18)25-17-27-31-29(30-25)32-36(33,34)23-11-6-10-21(15-23)22-14-13-20-9-3-4-12-24(20)26(16-22)35-27/h3-12,15,17,22,26H,13-14,16H2,1-2H3,(H,30,31,32)/t22?,26-/m0/s1. The highest BCUT2D eigenvalue weighted by atomic mass is 32.2. The van der Waals surface area contributed by atoms with E-state index in [-0.39, 0.29) is 22.9 Å². The summed E-state index contributed by atoms with van der Waals surface area (Å²) in [5, 5.41) is 0. The summed E-state index contributed by atoms with van der Waals surface area (Å²) in [5.41, 5.74) is 7.06. The number of sulfonamides is 1. The first kappa shape index (κ1) is 22.7. The maximum absolute atomic E-state index is 13.4. The fourth-order valence-electron chi connectivity index (χ4n) is 5.46. The predicted molar refractivity (Wildman–Crippen MR) is 140 cm³/mol. The van der Waals surface area contributed by atoms with Crippen molar-refractivity contribution in [2.75, 3.05) is 4.72 Å². The molecule has 36 heavy (non-hydrogen) atoms. The van der Waals surface area contributed by atoms with Crippen molar-refractivity contribution < 1.29 is 13.2 Å². The third kappa shape index (κ3) is 4.13. The van der Waals surface area contributed by atoms with Crippen LogP contribution in [-0.4, -0.2) is 18.4 Å². The molecule has 4 aromatic rings. The fourth-order valence-corrected chi connectivity index (χ4v) is 6.46. The van der Waals surface area contributed by atoms with Gasteiger partial charge in [-0.05, 0) is 79.0 Å². The number of hydrogen-bond acceptors (Lipinski definition) is 5. The zero-order valence-electron chi connectivity index (χ0n) is 20.2. The van der Waals surface area contributed by atoms with Crippen LogP contribution in [0.25, 0.3) is 11.3 Å². The number of anilines is 1. The molecule has 0 amide bonds. The van der Waals surface area contributed by atoms with E-state index in [1.54, 1.807) is 12.1 Å². The molecule has 1 aromatic heterocycles. The van der Waals surface area contributed by atoms with Gasteiger partial charge in [-0.3, -0.25) is 0 Å². The third-order valence-electron chi connectivity index (χ3n) is 7.23. The van der Waals surface area contributed by atoms with Gasteiger partial charge in [0.05, 0.1) is 10.6 Å². The lowest BCUT2D eigenvalue weighted by Gasteiger charge is -2.24. The van der Waals surface area contributed by atoms with Gasteiger partial charge in [-0.15, -0.1) is 0 Å². The number of aromatic nitrogens is 2. The van der Waals surface area contributed by atoms with Crippen LogP contribution in [-0.2, 0) is 16.4 Å². The minimum absolute atomic E-state index is 0.00501. The third-order valence-corrected chi connectivity index (χ3v) is 8.56. The van der Waals surface area contributed by atoms with Gasteiger partial charge in [-0.2, -0.15) is 4.98 Å². The molecule has 1 aliphatic heterocycles. The minimum atomic E-state index is -3.89. The molecule has 0 radical (unpaired) electrons. The van der Waals surface area contributed by atoms with Gasteiger partial charge in [0.25, 0.3) is 10.0 Å². The van der Waals surface area contributed by atoms with Crippen molar-refractivity contribution in [1.82, 2.24) is 9.97 Å². The SMILES string of the molecule is Cc1cccc(C)c1-c1cc2nc(n1)NS(=O)(=O)c1cccc(c1)C1CCc3ccccc3[C@H](C1)O2. The predicted octanol–water partition coefficient (Wildman–Crippen LogP) is 6.11. The van der Waals surface area contributed by atoms with Crippen LogP contribution in [0.15, 0.2) is 77.7 Å². The second kappa shape index (κ2) is 8.75. The molecule has 3 aromatic carbocycles. The van der Waals surface area contributed by atoms with Gasteiger partial charge in [0, 0.05) is 11.6 Å². The Morgan fingerprint density at radius 3 is 2.53 bits per heavy atom. The number of rotatable bonds is 1. The molecule has 2 heterocycles. The summed E-state index contributed by atoms with van der Waals surface area (Å²) in [6.45, 7) is 4.04. The number of fused-ring (bicyclic) bond motifs is 9. The molecule has 182 valence electrons. The fraction of sp³-hybridized carbons (Fsp3) is 0.241. The highest BCUT2D eigenvalue weighted by Crippen LogP contribution is 2.41. The largest absolute Gasteiger partial charge is 0.469 e. The highest BCUT2D eigenvalue weighted by molar-refractivity contribution is 7.92. The van der Waals surface area contributed by atoms with Crippen LogP contribution >= 0.6 is 0 Å². The number of nitrogens with one attached hydrogen (secondary N) is 1. The second-order valence-electron chi connectivity index (χ2n) is 9.64. The van der Waals surface area contributed by atoms with E-state index in [2.05, 4.69) is 32.9 Å². The Balaban J connectivity index is 1.57. The monoisotopic (exact) mass is 497 g/mol. The smallest absolute Gasteiger partial charge is 0.264 e. The number of aryl methyl sites for hydroxylation is 3. The number of nitrogens with zero attached hydrogens (tertiary/aromatic N) is 2. The molecule has 2 atom stereocenters. The quantitative estimate of drug-likeness (QED) is 0.343. The van der Waals surface area contributed by atoms with Crippen molar-refractivity contribution >= 4 is 16.0 Å². The summed E-state index contributed by atoms with van der Waals surface area (Å²) in [7, 11) is -3.89. The van der Waals surface area contributed by atoms with Gasteiger partial charge in [0.1, 0.15) is 6.10 Å². The Bertz CT molecular complexity index is 1560. The first-order valence-corrected chi connectivity index (χ1v) is 13.7. The molecule has 0 saturated heterocycles. The van der Waals surface area contributed by atoms with E-state index in [1.165, 1.54) is 5.56 Å². The van der Waals surface area contributed by atoms with Crippen LogP contribution in [0.2, 0.25) is 0 Å². The van der Waals surface area contributed by atoms with Crippen molar-refractivity contribution in [3.8, 4) is 17.1 Å². The van der Waals surface area contributed by atoms with Crippen LogP contribution in [0.5, 0.6) is 5.88 Å². The Morgan fingerprint density at radius 2 is 1.69 bits per heavy atom. The van der Waals surface area contributed by atoms with Crippen LogP contribution in [0.4, 0.5) is 5.95 Å². The van der Waals surface area contributed by atoms with Gasteiger partial charge in [0.2, 0.25) is 11.8 Å². The molecule has 0 saturated carbocycles. The summed E-state index contributed by atoms with van der Waals surface area (Å²) in [6.07, 6.45) is 2.32. The Hall–Kier alpha value is -3.71. The average molecular weight is 498 g/mol. The van der Waals surface area contributed by atoms with Crippen molar-refractivity contribution in [1.29, 1.82) is 0 Å². The van der Waals surface area contributed by atoms with Crippen LogP contribution in [0.1, 0.15) is 52.7 Å². The summed E-state index contributed by atoms with van der Waals surface area (Å²) < 4.78 is 35.9. The molecule has 6 bridgehead atoms. The topological polar surface area (TPSA) is 81.2 Å².